The van der Waals surface area contributed by atoms with Crippen LogP contribution in [-0.2, 0) is 27.1 Å². The van der Waals surface area contributed by atoms with E-state index in [2.05, 4.69) is 150 Å². The number of pyridine rings is 1. The van der Waals surface area contributed by atoms with Crippen LogP contribution in [0.25, 0.3) is 10.2 Å². The lowest BCUT2D eigenvalue weighted by Crippen LogP contribution is -2.13. The normalized spacial score (nSPS) is 11.8. The van der Waals surface area contributed by atoms with Gasteiger partial charge < -0.3 is 0 Å². The second-order valence-electron chi connectivity index (χ2n) is 17.1. The van der Waals surface area contributed by atoms with Crippen molar-refractivity contribution in [3.05, 3.63) is 111 Å². The maximum absolute atomic E-state index is 4.35. The van der Waals surface area contributed by atoms with Crippen LogP contribution in [0.2, 0.25) is 0 Å². The molecule has 0 aromatic carbocycles. The minimum atomic E-state index is 0.103. The van der Waals surface area contributed by atoms with Gasteiger partial charge in [0.05, 0.1) is 31.6 Å². The Morgan fingerprint density at radius 2 is 0.980 bits per heavy atom. The van der Waals surface area contributed by atoms with Crippen LogP contribution in [0.1, 0.15) is 131 Å². The van der Waals surface area contributed by atoms with Crippen molar-refractivity contribution in [3.8, 4) is 0 Å². The van der Waals surface area contributed by atoms with Gasteiger partial charge in [-0.15, -0.1) is 34.0 Å². The average molecular weight is 746 g/mol. The zero-order chi connectivity index (χ0) is 38.5. The largest absolute Gasteiger partial charge is 0.261 e. The topological polar surface area (TPSA) is 90.2 Å². The van der Waals surface area contributed by atoms with Gasteiger partial charge in [0, 0.05) is 80.7 Å². The summed E-state index contributed by atoms with van der Waals surface area (Å²) in [6, 6.07) is 8.06. The molecule has 0 aliphatic rings. The van der Waals surface area contributed by atoms with Gasteiger partial charge in [-0.3, -0.25) is 15.0 Å². The van der Waals surface area contributed by atoms with Crippen LogP contribution in [0.15, 0.2) is 83.9 Å². The monoisotopic (exact) mass is 745 g/mol. The molecule has 0 N–H and O–H groups in total. The van der Waals surface area contributed by atoms with Gasteiger partial charge >= 0.3 is 0 Å². The summed E-state index contributed by atoms with van der Waals surface area (Å²) in [6.07, 6.45) is 12.4. The molecule has 0 aliphatic heterocycles. The van der Waals surface area contributed by atoms with E-state index in [1.54, 1.807) is 58.9 Å². The molecule has 6 rings (SSSR count). The third-order valence-electron chi connectivity index (χ3n) is 6.87. The Morgan fingerprint density at radius 1 is 0.431 bits per heavy atom. The molecule has 10 heteroatoms. The first-order valence-electron chi connectivity index (χ1n) is 17.2. The lowest BCUT2D eigenvalue weighted by Gasteiger charge is -2.17. The van der Waals surface area contributed by atoms with E-state index in [0.717, 1.165) is 22.6 Å². The highest BCUT2D eigenvalue weighted by molar-refractivity contribution is 7.17. The van der Waals surface area contributed by atoms with Gasteiger partial charge in [0.1, 0.15) is 6.33 Å². The molecule has 0 radical (unpaired) electrons. The van der Waals surface area contributed by atoms with Crippen molar-refractivity contribution in [2.75, 3.05) is 0 Å². The third kappa shape index (κ3) is 15.8. The lowest BCUT2D eigenvalue weighted by atomic mass is 9.92. The SMILES string of the molecule is CC(C)(C)c1ccccn1.CC(C)(C)c1cnccn1.CC(C)(C)c1nccs1.CC(C)(C)c1nccs1.CC(C)(C)c1ncnc2ccsc12. The highest BCUT2D eigenvalue weighted by atomic mass is 32.1. The van der Waals surface area contributed by atoms with Crippen LogP contribution in [0.3, 0.4) is 0 Å². The highest BCUT2D eigenvalue weighted by Crippen LogP contribution is 2.30. The third-order valence-corrected chi connectivity index (χ3v) is 10.2. The molecule has 6 aromatic heterocycles. The average Bonchev–Trinajstić information content (AvgIpc) is 3.85. The number of hydrogen-bond acceptors (Lipinski definition) is 10. The fourth-order valence-electron chi connectivity index (χ4n) is 4.00. The number of hydrogen-bond donors (Lipinski definition) is 0. The molecular weight excluding hydrogens is 687 g/mol. The minimum Gasteiger partial charge on any atom is -0.261 e. The number of aromatic nitrogens is 7. The second kappa shape index (κ2) is 18.9. The summed E-state index contributed by atoms with van der Waals surface area (Å²) >= 11 is 5.15. The molecule has 0 saturated heterocycles. The first-order valence-corrected chi connectivity index (χ1v) is 19.8. The molecule has 0 bridgehead atoms. The van der Waals surface area contributed by atoms with Crippen LogP contribution < -0.4 is 0 Å². The maximum atomic E-state index is 4.35. The number of nitrogens with zero attached hydrogens (tertiary/aromatic N) is 7. The van der Waals surface area contributed by atoms with Crippen molar-refractivity contribution in [3.63, 3.8) is 0 Å². The van der Waals surface area contributed by atoms with Gasteiger partial charge in [0.2, 0.25) is 0 Å². The number of fused-ring (bicyclic) bond motifs is 1. The van der Waals surface area contributed by atoms with Crippen LogP contribution in [0.4, 0.5) is 0 Å². The summed E-state index contributed by atoms with van der Waals surface area (Å²) in [7, 11) is 0. The van der Waals surface area contributed by atoms with Crippen molar-refractivity contribution < 1.29 is 0 Å². The summed E-state index contributed by atoms with van der Waals surface area (Å²) in [5, 5.41) is 8.51. The van der Waals surface area contributed by atoms with E-state index in [1.165, 1.54) is 14.7 Å². The van der Waals surface area contributed by atoms with Gasteiger partial charge in [-0.25, -0.2) is 19.9 Å². The fourth-order valence-corrected chi connectivity index (χ4v) is 6.50. The van der Waals surface area contributed by atoms with E-state index in [-0.39, 0.29) is 27.1 Å². The van der Waals surface area contributed by atoms with E-state index >= 15 is 0 Å². The Morgan fingerprint density at radius 3 is 1.31 bits per heavy atom. The molecule has 0 spiro atoms. The second-order valence-corrected chi connectivity index (χ2v) is 19.8. The Balaban J connectivity index is 0.000000223. The molecule has 0 aliphatic carbocycles. The molecule has 51 heavy (non-hydrogen) atoms. The van der Waals surface area contributed by atoms with Gasteiger partial charge in [-0.1, -0.05) is 110 Å². The molecule has 0 unspecified atom stereocenters. The van der Waals surface area contributed by atoms with Crippen LogP contribution in [-0.4, -0.2) is 34.9 Å². The summed E-state index contributed by atoms with van der Waals surface area (Å²) in [5.74, 6) is 0. The standard InChI is InChI=1S/C10H12N2S.C9H13N.C8H12N2.2C7H11NS/c1-10(2,3)9-8-7(4-5-13-8)11-6-12-9;1-9(2,3)8-6-4-5-7-10-8;1-8(2,3)7-6-9-4-5-10-7;2*1-7(2,3)6-8-4-5-9-6/h4-6H,1-3H3;4-7H,1-3H3;4-6H,1-3H3;2*4-5H,1-3H3. The molecule has 7 nitrogen and oxygen atoms in total. The van der Waals surface area contributed by atoms with E-state index in [0.29, 0.717) is 0 Å². The zero-order valence-corrected chi connectivity index (χ0v) is 35.9. The fraction of sp³-hybridized carbons (Fsp3) is 0.488. The van der Waals surface area contributed by atoms with Crippen molar-refractivity contribution in [1.29, 1.82) is 0 Å². The van der Waals surface area contributed by atoms with Crippen molar-refractivity contribution in [2.24, 2.45) is 0 Å². The van der Waals surface area contributed by atoms with Gasteiger partial charge in [0.15, 0.2) is 0 Å². The Hall–Kier alpha value is -3.47. The van der Waals surface area contributed by atoms with E-state index < -0.39 is 0 Å². The van der Waals surface area contributed by atoms with E-state index in [1.807, 2.05) is 47.5 Å². The molecule has 276 valence electrons. The molecule has 0 fully saturated rings. The van der Waals surface area contributed by atoms with Crippen LogP contribution in [0, 0.1) is 0 Å². The molecule has 0 atom stereocenters. The predicted molar refractivity (Wildman–Crippen MR) is 221 cm³/mol. The first kappa shape index (κ1) is 43.7. The summed E-state index contributed by atoms with van der Waals surface area (Å²) in [6.45, 7) is 32.4. The molecule has 0 amide bonds. The van der Waals surface area contributed by atoms with Gasteiger partial charge in [0.25, 0.3) is 0 Å². The quantitative estimate of drug-likeness (QED) is 0.153. The zero-order valence-electron chi connectivity index (χ0n) is 33.4. The smallest absolute Gasteiger partial charge is 0.116 e. The highest BCUT2D eigenvalue weighted by Gasteiger charge is 2.20. The lowest BCUT2D eigenvalue weighted by molar-refractivity contribution is 0.565. The first-order chi connectivity index (χ1) is 23.5. The van der Waals surface area contributed by atoms with Crippen molar-refractivity contribution in [1.82, 2.24) is 34.9 Å². The van der Waals surface area contributed by atoms with Crippen LogP contribution in [0.5, 0.6) is 0 Å². The number of rotatable bonds is 0. The molecular formula is C41H59N7S3. The Bertz CT molecular complexity index is 1690. The summed E-state index contributed by atoms with van der Waals surface area (Å²) in [4.78, 5) is 29.4. The molecule has 6 heterocycles. The van der Waals surface area contributed by atoms with Gasteiger partial charge in [-0.05, 0) is 23.6 Å². The maximum Gasteiger partial charge on any atom is 0.116 e. The Kier molecular flexibility index (Phi) is 16.2. The van der Waals surface area contributed by atoms with E-state index in [9.17, 15) is 0 Å². The van der Waals surface area contributed by atoms with Crippen LogP contribution >= 0.6 is 34.0 Å². The van der Waals surface area contributed by atoms with Crippen molar-refractivity contribution >= 4 is 44.2 Å². The predicted octanol–water partition coefficient (Wildman–Crippen LogP) is 12.0. The minimum absolute atomic E-state index is 0.103. The van der Waals surface area contributed by atoms with Crippen molar-refractivity contribution in [2.45, 2.75) is 131 Å². The van der Waals surface area contributed by atoms with Gasteiger partial charge in [-0.2, -0.15) is 0 Å². The molecule has 6 aromatic rings. The van der Waals surface area contributed by atoms with E-state index in [4.69, 9.17) is 0 Å². The summed E-state index contributed by atoms with van der Waals surface area (Å²) < 4.78 is 1.22. The molecule has 0 saturated carbocycles. The summed E-state index contributed by atoms with van der Waals surface area (Å²) in [5.41, 5.74) is 5.26. The Labute approximate surface area is 319 Å². The number of thiophene rings is 1. The number of thiazole rings is 2.